The molecule has 0 aliphatic carbocycles. The first kappa shape index (κ1) is 16.3. The highest BCUT2D eigenvalue weighted by atomic mass is 19.4. The molecule has 3 saturated heterocycles. The number of nitrogens with two attached hydrogens (primary N) is 1. The molecular formula is C16H17F3N5O-. The van der Waals surface area contributed by atoms with E-state index in [0.29, 0.717) is 11.9 Å². The SMILES string of the molecule is NC1(N=C([O-])c2n[nH]c3cc(C(F)(F)F)ccc23)CN2CCC1CC2. The lowest BCUT2D eigenvalue weighted by atomic mass is 9.79. The van der Waals surface area contributed by atoms with E-state index in [4.69, 9.17) is 5.73 Å². The average Bonchev–Trinajstić information content (AvgIpc) is 2.97. The number of hydrogen-bond donors (Lipinski definition) is 2. The monoisotopic (exact) mass is 352 g/mol. The first-order chi connectivity index (χ1) is 11.8. The van der Waals surface area contributed by atoms with Crippen LogP contribution < -0.4 is 10.8 Å². The summed E-state index contributed by atoms with van der Waals surface area (Å²) in [6.07, 6.45) is -2.67. The van der Waals surface area contributed by atoms with Crippen molar-refractivity contribution in [3.8, 4) is 0 Å². The Hall–Kier alpha value is -2.13. The van der Waals surface area contributed by atoms with Crippen molar-refractivity contribution in [1.82, 2.24) is 15.1 Å². The van der Waals surface area contributed by atoms with Crippen molar-refractivity contribution < 1.29 is 18.3 Å². The third-order valence-electron chi connectivity index (χ3n) is 5.17. The van der Waals surface area contributed by atoms with E-state index in [-0.39, 0.29) is 17.1 Å². The zero-order valence-electron chi connectivity index (χ0n) is 13.3. The Balaban J connectivity index is 1.69. The molecule has 0 spiro atoms. The Morgan fingerprint density at radius 2 is 2.08 bits per heavy atom. The van der Waals surface area contributed by atoms with Crippen LogP contribution in [-0.4, -0.2) is 46.3 Å². The number of aromatic amines is 1. The van der Waals surface area contributed by atoms with Crippen LogP contribution in [0.4, 0.5) is 13.2 Å². The summed E-state index contributed by atoms with van der Waals surface area (Å²) < 4.78 is 38.4. The first-order valence-corrected chi connectivity index (χ1v) is 8.10. The van der Waals surface area contributed by atoms with E-state index >= 15 is 0 Å². The normalized spacial score (nSPS) is 30.2. The van der Waals surface area contributed by atoms with Gasteiger partial charge in [-0.1, -0.05) is 0 Å². The molecule has 0 saturated carbocycles. The summed E-state index contributed by atoms with van der Waals surface area (Å²) in [5.41, 5.74) is 4.76. The second kappa shape index (κ2) is 5.43. The van der Waals surface area contributed by atoms with Crippen LogP contribution in [0.1, 0.15) is 24.1 Å². The Morgan fingerprint density at radius 3 is 2.68 bits per heavy atom. The molecule has 1 atom stereocenters. The predicted octanol–water partition coefficient (Wildman–Crippen LogP) is 1.07. The summed E-state index contributed by atoms with van der Waals surface area (Å²) in [6, 6.07) is 3.11. The fraction of sp³-hybridized carbons (Fsp3) is 0.500. The first-order valence-electron chi connectivity index (χ1n) is 8.10. The standard InChI is InChI=1S/C16H18F3N5O/c17-16(18,19)10-1-2-11-12(7-10)22-23-13(11)14(25)21-15(20)8-24-5-3-9(15)4-6-24/h1-2,7,9H,3-6,8,20H2,(H,21,25)(H,22,23)/p-1. The van der Waals surface area contributed by atoms with Gasteiger partial charge in [0.2, 0.25) is 0 Å². The number of hydrogen-bond acceptors (Lipinski definition) is 5. The van der Waals surface area contributed by atoms with Crippen molar-refractivity contribution in [1.29, 1.82) is 0 Å². The molecule has 3 aliphatic rings. The molecule has 2 aromatic rings. The van der Waals surface area contributed by atoms with Crippen LogP contribution in [0.5, 0.6) is 0 Å². The minimum Gasteiger partial charge on any atom is -0.857 e. The largest absolute Gasteiger partial charge is 0.857 e. The molecule has 6 nitrogen and oxygen atoms in total. The smallest absolute Gasteiger partial charge is 0.416 e. The lowest BCUT2D eigenvalue weighted by Gasteiger charge is -2.49. The summed E-state index contributed by atoms with van der Waals surface area (Å²) in [4.78, 5) is 6.38. The number of halogens is 3. The van der Waals surface area contributed by atoms with Gasteiger partial charge in [-0.2, -0.15) is 18.3 Å². The number of rotatable bonds is 2. The van der Waals surface area contributed by atoms with Gasteiger partial charge in [0.25, 0.3) is 0 Å². The van der Waals surface area contributed by atoms with Crippen LogP contribution >= 0.6 is 0 Å². The number of alkyl halides is 3. The van der Waals surface area contributed by atoms with E-state index in [1.54, 1.807) is 0 Å². The van der Waals surface area contributed by atoms with Gasteiger partial charge >= 0.3 is 6.18 Å². The number of nitrogens with zero attached hydrogens (tertiary/aromatic N) is 3. The Kier molecular flexibility index (Phi) is 3.55. The van der Waals surface area contributed by atoms with E-state index in [9.17, 15) is 18.3 Å². The summed E-state index contributed by atoms with van der Waals surface area (Å²) in [5, 5.41) is 19.2. The fourth-order valence-corrected chi connectivity index (χ4v) is 3.81. The van der Waals surface area contributed by atoms with Gasteiger partial charge in [-0.3, -0.25) is 15.0 Å². The number of benzene rings is 1. The van der Waals surface area contributed by atoms with E-state index in [0.717, 1.165) is 38.1 Å². The van der Waals surface area contributed by atoms with E-state index in [2.05, 4.69) is 20.1 Å². The molecule has 0 radical (unpaired) electrons. The minimum atomic E-state index is -4.45. The van der Waals surface area contributed by atoms with Crippen molar-refractivity contribution in [2.24, 2.45) is 16.6 Å². The molecule has 3 fully saturated rings. The van der Waals surface area contributed by atoms with Gasteiger partial charge in [0.15, 0.2) is 0 Å². The maximum Gasteiger partial charge on any atom is 0.416 e. The van der Waals surface area contributed by atoms with E-state index < -0.39 is 23.3 Å². The van der Waals surface area contributed by atoms with E-state index in [1.165, 1.54) is 6.07 Å². The highest BCUT2D eigenvalue weighted by Crippen LogP contribution is 2.35. The average molecular weight is 352 g/mol. The summed E-state index contributed by atoms with van der Waals surface area (Å²) >= 11 is 0. The second-order valence-electron chi connectivity index (χ2n) is 6.79. The van der Waals surface area contributed by atoms with Gasteiger partial charge in [-0.15, -0.1) is 0 Å². The highest BCUT2D eigenvalue weighted by Gasteiger charge is 2.43. The van der Waals surface area contributed by atoms with Gasteiger partial charge in [0, 0.05) is 23.7 Å². The van der Waals surface area contributed by atoms with Crippen molar-refractivity contribution in [3.05, 3.63) is 29.5 Å². The molecule has 1 aromatic heterocycles. The molecule has 1 aromatic carbocycles. The molecule has 9 heteroatoms. The molecule has 3 N–H and O–H groups in total. The molecule has 3 aliphatic heterocycles. The topological polar surface area (TPSA) is 93.4 Å². The number of fused-ring (bicyclic) bond motifs is 4. The van der Waals surface area contributed by atoms with Gasteiger partial charge in [-0.05, 0) is 44.1 Å². The van der Waals surface area contributed by atoms with Crippen LogP contribution in [0.2, 0.25) is 0 Å². The molecule has 134 valence electrons. The molecule has 0 amide bonds. The predicted molar refractivity (Wildman–Crippen MR) is 83.7 cm³/mol. The maximum absolute atomic E-state index is 12.8. The van der Waals surface area contributed by atoms with Crippen molar-refractivity contribution in [2.45, 2.75) is 24.7 Å². The third-order valence-corrected chi connectivity index (χ3v) is 5.17. The van der Waals surface area contributed by atoms with Crippen LogP contribution in [0.15, 0.2) is 23.2 Å². The number of nitrogens with one attached hydrogen (secondary N) is 1. The number of H-pyrrole nitrogens is 1. The Morgan fingerprint density at radius 1 is 1.36 bits per heavy atom. The number of piperidine rings is 3. The molecule has 25 heavy (non-hydrogen) atoms. The van der Waals surface area contributed by atoms with Gasteiger partial charge < -0.3 is 10.8 Å². The minimum absolute atomic E-state index is 0.00463. The third kappa shape index (κ3) is 2.77. The van der Waals surface area contributed by atoms with Crippen molar-refractivity contribution >= 4 is 16.8 Å². The quantitative estimate of drug-likeness (QED) is 0.625. The Bertz CT molecular complexity index is 838. The zero-order chi connectivity index (χ0) is 17.8. The van der Waals surface area contributed by atoms with Gasteiger partial charge in [0.1, 0.15) is 11.4 Å². The number of aliphatic imine (C=N–C) groups is 1. The van der Waals surface area contributed by atoms with E-state index in [1.807, 2.05) is 0 Å². The lowest BCUT2D eigenvalue weighted by Crippen LogP contribution is -2.63. The van der Waals surface area contributed by atoms with Gasteiger partial charge in [-0.25, -0.2) is 0 Å². The highest BCUT2D eigenvalue weighted by molar-refractivity contribution is 6.02. The van der Waals surface area contributed by atoms with Crippen molar-refractivity contribution in [2.75, 3.05) is 19.6 Å². The fourth-order valence-electron chi connectivity index (χ4n) is 3.81. The maximum atomic E-state index is 12.8. The summed E-state index contributed by atoms with van der Waals surface area (Å²) in [7, 11) is 0. The molecular weight excluding hydrogens is 335 g/mol. The molecule has 5 rings (SSSR count). The van der Waals surface area contributed by atoms with Crippen LogP contribution in [0, 0.1) is 5.92 Å². The number of aromatic nitrogens is 2. The van der Waals surface area contributed by atoms with Crippen LogP contribution in [-0.2, 0) is 6.18 Å². The molecule has 1 unspecified atom stereocenters. The van der Waals surface area contributed by atoms with Crippen LogP contribution in [0.3, 0.4) is 0 Å². The lowest BCUT2D eigenvalue weighted by molar-refractivity contribution is -0.215. The zero-order valence-corrected chi connectivity index (χ0v) is 13.3. The summed E-state index contributed by atoms with van der Waals surface area (Å²) in [6.45, 7) is 2.43. The summed E-state index contributed by atoms with van der Waals surface area (Å²) in [5.74, 6) is -0.453. The molecule has 4 heterocycles. The Labute approximate surface area is 141 Å². The molecule has 2 bridgehead atoms. The van der Waals surface area contributed by atoms with Crippen LogP contribution in [0.25, 0.3) is 10.9 Å². The second-order valence-corrected chi connectivity index (χ2v) is 6.79. The van der Waals surface area contributed by atoms with Gasteiger partial charge in [0.05, 0.1) is 11.1 Å². The van der Waals surface area contributed by atoms with Crippen molar-refractivity contribution in [3.63, 3.8) is 0 Å².